The quantitative estimate of drug-likeness (QED) is 0.613. The Balaban J connectivity index is 2.01. The number of ether oxygens (including phenoxy) is 1. The molecule has 0 radical (unpaired) electrons. The molecule has 6 nitrogen and oxygen atoms in total. The molecule has 0 saturated carbocycles. The number of sulfonamides is 1. The molecule has 2 rings (SSSR count). The van der Waals surface area contributed by atoms with Gasteiger partial charge in [-0.25, -0.2) is 8.42 Å². The van der Waals surface area contributed by atoms with Crippen LogP contribution in [0.1, 0.15) is 19.8 Å². The molecule has 0 saturated heterocycles. The van der Waals surface area contributed by atoms with Crippen molar-refractivity contribution in [3.8, 4) is 5.75 Å². The summed E-state index contributed by atoms with van der Waals surface area (Å²) in [5.41, 5.74) is 0.984. The van der Waals surface area contributed by atoms with Crippen molar-refractivity contribution in [1.29, 1.82) is 0 Å². The summed E-state index contributed by atoms with van der Waals surface area (Å²) in [5, 5.41) is 3.39. The van der Waals surface area contributed by atoms with Crippen LogP contribution in [0.15, 0.2) is 42.5 Å². The number of anilines is 2. The Kier molecular flexibility index (Phi) is 7.98. The number of rotatable bonds is 9. The summed E-state index contributed by atoms with van der Waals surface area (Å²) in [6.45, 7) is 2.48. The van der Waals surface area contributed by atoms with E-state index in [1.54, 1.807) is 24.3 Å². The second-order valence-corrected chi connectivity index (χ2v) is 8.74. The minimum atomic E-state index is -3.54. The van der Waals surface area contributed by atoms with Gasteiger partial charge in [0.25, 0.3) is 0 Å². The summed E-state index contributed by atoms with van der Waals surface area (Å²) in [6.07, 6.45) is 1.58. The van der Waals surface area contributed by atoms with E-state index < -0.39 is 10.0 Å². The molecular weight excluding hydrogens is 423 g/mol. The highest BCUT2D eigenvalue weighted by molar-refractivity contribution is 7.92. The first-order valence-electron chi connectivity index (χ1n) is 8.66. The molecule has 0 aromatic heterocycles. The van der Waals surface area contributed by atoms with Crippen molar-refractivity contribution < 1.29 is 17.9 Å². The fraction of sp³-hybridized carbons (Fsp3) is 0.316. The number of amides is 1. The number of nitrogens with one attached hydrogen (secondary N) is 1. The lowest BCUT2D eigenvalue weighted by atomic mass is 10.2. The van der Waals surface area contributed by atoms with Gasteiger partial charge in [-0.15, -0.1) is 0 Å². The third-order valence-corrected chi connectivity index (χ3v) is 5.75. The zero-order valence-corrected chi connectivity index (χ0v) is 17.9. The van der Waals surface area contributed by atoms with E-state index in [0.717, 1.165) is 6.26 Å². The minimum Gasteiger partial charge on any atom is -0.492 e. The Morgan fingerprint density at radius 1 is 1.14 bits per heavy atom. The van der Waals surface area contributed by atoms with Crippen LogP contribution in [0.4, 0.5) is 11.4 Å². The number of carbonyl (C=O) groups excluding carboxylic acids is 1. The van der Waals surface area contributed by atoms with Crippen LogP contribution in [-0.2, 0) is 14.8 Å². The molecule has 0 aliphatic rings. The highest BCUT2D eigenvalue weighted by Crippen LogP contribution is 2.29. The smallest absolute Gasteiger partial charge is 0.232 e. The number of para-hydroxylation sites is 2. The number of carbonyl (C=O) groups is 1. The summed E-state index contributed by atoms with van der Waals surface area (Å²) in [4.78, 5) is 12.3. The van der Waals surface area contributed by atoms with Gasteiger partial charge >= 0.3 is 0 Å². The van der Waals surface area contributed by atoms with E-state index >= 15 is 0 Å². The monoisotopic (exact) mass is 444 g/mol. The summed E-state index contributed by atoms with van der Waals surface area (Å²) >= 11 is 11.9. The van der Waals surface area contributed by atoms with Gasteiger partial charge in [0.1, 0.15) is 5.75 Å². The van der Waals surface area contributed by atoms with Crippen molar-refractivity contribution in [1.82, 2.24) is 0 Å². The summed E-state index contributed by atoms with van der Waals surface area (Å²) in [6, 6.07) is 11.7. The van der Waals surface area contributed by atoms with Crippen molar-refractivity contribution in [3.05, 3.63) is 52.5 Å². The first kappa shape index (κ1) is 22.3. The Bertz CT molecular complexity index is 935. The Morgan fingerprint density at radius 2 is 1.86 bits per heavy atom. The topological polar surface area (TPSA) is 75.7 Å². The Morgan fingerprint density at radius 3 is 2.50 bits per heavy atom. The van der Waals surface area contributed by atoms with Crippen molar-refractivity contribution in [2.75, 3.05) is 29.0 Å². The van der Waals surface area contributed by atoms with E-state index in [9.17, 15) is 13.2 Å². The van der Waals surface area contributed by atoms with E-state index in [4.69, 9.17) is 27.9 Å². The third-order valence-electron chi connectivity index (χ3n) is 3.82. The van der Waals surface area contributed by atoms with Crippen LogP contribution in [-0.4, -0.2) is 33.7 Å². The number of hydrogen-bond donors (Lipinski definition) is 1. The molecule has 2 aromatic carbocycles. The van der Waals surface area contributed by atoms with E-state index in [0.29, 0.717) is 35.2 Å². The third kappa shape index (κ3) is 6.29. The van der Waals surface area contributed by atoms with Crippen molar-refractivity contribution >= 4 is 50.5 Å². The molecule has 2 aromatic rings. The van der Waals surface area contributed by atoms with Crippen molar-refractivity contribution in [2.24, 2.45) is 0 Å². The molecular formula is C19H22Cl2N2O4S. The van der Waals surface area contributed by atoms with E-state index in [1.807, 2.05) is 13.0 Å². The Hall–Kier alpha value is -1.96. The maximum atomic E-state index is 12.3. The number of nitrogens with zero attached hydrogens (tertiary/aromatic N) is 1. The standard InChI is InChI=1S/C19H22Cl2N2O4S/c1-3-27-18-8-5-4-7-17(18)22-19(24)9-6-12-23(28(2,25)26)14-10-11-15(20)16(21)13-14/h4-5,7-8,10-11,13H,3,6,9,12H2,1-2H3,(H,22,24). The van der Waals surface area contributed by atoms with Crippen LogP contribution in [0.5, 0.6) is 5.75 Å². The molecule has 0 heterocycles. The van der Waals surface area contributed by atoms with Crippen molar-refractivity contribution in [3.63, 3.8) is 0 Å². The number of benzene rings is 2. The van der Waals surface area contributed by atoms with Crippen molar-refractivity contribution in [2.45, 2.75) is 19.8 Å². The molecule has 0 aliphatic carbocycles. The highest BCUT2D eigenvalue weighted by Gasteiger charge is 2.18. The molecule has 0 aliphatic heterocycles. The summed E-state index contributed by atoms with van der Waals surface area (Å²) in [7, 11) is -3.54. The van der Waals surface area contributed by atoms with Crippen LogP contribution in [0.3, 0.4) is 0 Å². The van der Waals surface area contributed by atoms with E-state index in [1.165, 1.54) is 16.4 Å². The van der Waals surface area contributed by atoms with Crippen LogP contribution in [0.25, 0.3) is 0 Å². The zero-order valence-electron chi connectivity index (χ0n) is 15.6. The van der Waals surface area contributed by atoms with Gasteiger partial charge < -0.3 is 10.1 Å². The molecule has 0 fully saturated rings. The molecule has 28 heavy (non-hydrogen) atoms. The highest BCUT2D eigenvalue weighted by atomic mass is 35.5. The fourth-order valence-corrected chi connectivity index (χ4v) is 3.82. The predicted octanol–water partition coefficient (Wildman–Crippen LogP) is 4.58. The van der Waals surface area contributed by atoms with Gasteiger partial charge in [0.05, 0.1) is 34.3 Å². The average Bonchev–Trinajstić information content (AvgIpc) is 2.62. The van der Waals surface area contributed by atoms with Gasteiger partial charge in [0, 0.05) is 13.0 Å². The molecule has 9 heteroatoms. The predicted molar refractivity (Wildman–Crippen MR) is 114 cm³/mol. The van der Waals surface area contributed by atoms with Gasteiger partial charge in [-0.3, -0.25) is 9.10 Å². The first-order valence-corrected chi connectivity index (χ1v) is 11.3. The lowest BCUT2D eigenvalue weighted by molar-refractivity contribution is -0.116. The molecule has 1 N–H and O–H groups in total. The van der Waals surface area contributed by atoms with Gasteiger partial charge in [-0.1, -0.05) is 35.3 Å². The van der Waals surface area contributed by atoms with Gasteiger partial charge in [0.2, 0.25) is 15.9 Å². The van der Waals surface area contributed by atoms with Crippen LogP contribution >= 0.6 is 23.2 Å². The van der Waals surface area contributed by atoms with Gasteiger partial charge in [0.15, 0.2) is 0 Å². The Labute approximate surface area is 175 Å². The van der Waals surface area contributed by atoms with Gasteiger partial charge in [-0.2, -0.15) is 0 Å². The molecule has 152 valence electrons. The molecule has 0 unspecified atom stereocenters. The number of halogens is 2. The number of hydrogen-bond acceptors (Lipinski definition) is 4. The molecule has 0 bridgehead atoms. The maximum absolute atomic E-state index is 12.3. The lowest BCUT2D eigenvalue weighted by Gasteiger charge is -2.22. The largest absolute Gasteiger partial charge is 0.492 e. The van der Waals surface area contributed by atoms with E-state index in [-0.39, 0.29) is 23.9 Å². The average molecular weight is 445 g/mol. The minimum absolute atomic E-state index is 0.136. The molecule has 0 spiro atoms. The normalized spacial score (nSPS) is 11.1. The summed E-state index contributed by atoms with van der Waals surface area (Å²) in [5.74, 6) is 0.363. The lowest BCUT2D eigenvalue weighted by Crippen LogP contribution is -2.31. The van der Waals surface area contributed by atoms with Gasteiger partial charge in [-0.05, 0) is 43.7 Å². The van der Waals surface area contributed by atoms with Crippen LogP contribution in [0, 0.1) is 0 Å². The van der Waals surface area contributed by atoms with Crippen LogP contribution in [0.2, 0.25) is 10.0 Å². The SMILES string of the molecule is CCOc1ccccc1NC(=O)CCCN(c1ccc(Cl)c(Cl)c1)S(C)(=O)=O. The second-order valence-electron chi connectivity index (χ2n) is 6.01. The zero-order chi connectivity index (χ0) is 20.7. The fourth-order valence-electron chi connectivity index (χ4n) is 2.57. The summed E-state index contributed by atoms with van der Waals surface area (Å²) < 4.78 is 31.0. The second kappa shape index (κ2) is 10.0. The molecule has 1 amide bonds. The maximum Gasteiger partial charge on any atom is 0.232 e. The van der Waals surface area contributed by atoms with E-state index in [2.05, 4.69) is 5.32 Å². The van der Waals surface area contributed by atoms with Crippen LogP contribution < -0.4 is 14.4 Å². The first-order chi connectivity index (χ1) is 13.2. The molecule has 0 atom stereocenters.